The molecule has 1 aromatic carbocycles. The Hall–Kier alpha value is -2.14. The maximum atomic E-state index is 11.0. The molecule has 0 unspecified atom stereocenters. The molecule has 0 aliphatic heterocycles. The molecule has 0 bridgehead atoms. The smallest absolute Gasteiger partial charge is 0.356 e. The normalized spacial score (nSPS) is 11.2. The summed E-state index contributed by atoms with van der Waals surface area (Å²) in [7, 11) is 0. The van der Waals surface area contributed by atoms with Crippen LogP contribution in [0.1, 0.15) is 26.5 Å². The average Bonchev–Trinajstić information content (AvgIpc) is 2.89. The van der Waals surface area contributed by atoms with Gasteiger partial charge in [-0.05, 0) is 43.5 Å². The van der Waals surface area contributed by atoms with Crippen LogP contribution < -0.4 is 0 Å². The Bertz CT molecular complexity index is 830. The van der Waals surface area contributed by atoms with Crippen LogP contribution in [0.4, 0.5) is 0 Å². The van der Waals surface area contributed by atoms with Gasteiger partial charge >= 0.3 is 5.97 Å². The summed E-state index contributed by atoms with van der Waals surface area (Å²) >= 11 is 1.51. The molecule has 2 heterocycles. The SMILES string of the molecule is Cc1ccc(-c2c(C)sc3nc(C(=O)O)cn23)cc1C. The number of aryl methyl sites for hydroxylation is 3. The van der Waals surface area contributed by atoms with Crippen LogP contribution in [-0.4, -0.2) is 20.5 Å². The van der Waals surface area contributed by atoms with Gasteiger partial charge in [0.1, 0.15) is 0 Å². The molecule has 0 atom stereocenters. The van der Waals surface area contributed by atoms with Crippen LogP contribution in [-0.2, 0) is 0 Å². The molecule has 0 radical (unpaired) electrons. The highest BCUT2D eigenvalue weighted by molar-refractivity contribution is 7.17. The van der Waals surface area contributed by atoms with E-state index in [1.54, 1.807) is 6.20 Å². The minimum Gasteiger partial charge on any atom is -0.476 e. The number of thiazole rings is 1. The minimum absolute atomic E-state index is 0.0846. The Morgan fingerprint density at radius 1 is 1.25 bits per heavy atom. The number of carboxylic acid groups (broad SMARTS) is 1. The summed E-state index contributed by atoms with van der Waals surface area (Å²) in [6.45, 7) is 6.19. The standard InChI is InChI=1S/C15H14N2O2S/c1-8-4-5-11(6-9(8)2)13-10(3)20-15-16-12(14(18)19)7-17(13)15/h4-7H,1-3H3,(H,18,19). The summed E-state index contributed by atoms with van der Waals surface area (Å²) in [5, 5.41) is 9.04. The first-order chi connectivity index (χ1) is 9.47. The predicted molar refractivity (Wildman–Crippen MR) is 79.7 cm³/mol. The lowest BCUT2D eigenvalue weighted by molar-refractivity contribution is 0.0691. The second-order valence-electron chi connectivity index (χ2n) is 4.89. The molecule has 0 saturated heterocycles. The lowest BCUT2D eigenvalue weighted by Gasteiger charge is -2.06. The van der Waals surface area contributed by atoms with Crippen LogP contribution in [0.2, 0.25) is 0 Å². The van der Waals surface area contributed by atoms with E-state index < -0.39 is 5.97 Å². The molecule has 3 aromatic rings. The van der Waals surface area contributed by atoms with Crippen molar-refractivity contribution < 1.29 is 9.90 Å². The van der Waals surface area contributed by atoms with Crippen molar-refractivity contribution in [2.24, 2.45) is 0 Å². The molecule has 5 heteroatoms. The van der Waals surface area contributed by atoms with Gasteiger partial charge in [-0.2, -0.15) is 0 Å². The Morgan fingerprint density at radius 3 is 2.65 bits per heavy atom. The van der Waals surface area contributed by atoms with Gasteiger partial charge in [0, 0.05) is 11.1 Å². The van der Waals surface area contributed by atoms with Crippen molar-refractivity contribution in [1.82, 2.24) is 9.38 Å². The van der Waals surface area contributed by atoms with Crippen LogP contribution in [0.3, 0.4) is 0 Å². The van der Waals surface area contributed by atoms with E-state index in [1.807, 2.05) is 11.3 Å². The zero-order valence-corrected chi connectivity index (χ0v) is 12.3. The molecule has 0 amide bonds. The molecule has 3 rings (SSSR count). The first-order valence-electron chi connectivity index (χ1n) is 6.27. The number of fused-ring (bicyclic) bond motifs is 1. The van der Waals surface area contributed by atoms with Gasteiger partial charge in [-0.1, -0.05) is 12.1 Å². The third-order valence-electron chi connectivity index (χ3n) is 3.49. The number of hydrogen-bond donors (Lipinski definition) is 1. The first-order valence-corrected chi connectivity index (χ1v) is 7.08. The second-order valence-corrected chi connectivity index (χ2v) is 6.07. The molecule has 1 N–H and O–H groups in total. The number of aromatic carboxylic acids is 1. The van der Waals surface area contributed by atoms with Crippen LogP contribution in [0.25, 0.3) is 16.2 Å². The van der Waals surface area contributed by atoms with Gasteiger partial charge in [0.2, 0.25) is 0 Å². The van der Waals surface area contributed by atoms with Gasteiger partial charge in [-0.3, -0.25) is 4.40 Å². The summed E-state index contributed by atoms with van der Waals surface area (Å²) in [5.41, 5.74) is 4.66. The van der Waals surface area contributed by atoms with Crippen molar-refractivity contribution in [3.05, 3.63) is 46.1 Å². The van der Waals surface area contributed by atoms with Crippen LogP contribution in [0, 0.1) is 20.8 Å². The quantitative estimate of drug-likeness (QED) is 0.781. The number of hydrogen-bond acceptors (Lipinski definition) is 3. The third kappa shape index (κ3) is 1.91. The van der Waals surface area contributed by atoms with E-state index in [0.717, 1.165) is 16.1 Å². The van der Waals surface area contributed by atoms with Crippen molar-refractivity contribution in [1.29, 1.82) is 0 Å². The number of imidazole rings is 1. The van der Waals surface area contributed by atoms with Crippen molar-refractivity contribution in [3.8, 4) is 11.3 Å². The Balaban J connectivity index is 2.25. The monoisotopic (exact) mass is 286 g/mol. The largest absolute Gasteiger partial charge is 0.476 e. The zero-order valence-electron chi connectivity index (χ0n) is 11.5. The topological polar surface area (TPSA) is 54.6 Å². The molecule has 0 fully saturated rings. The average molecular weight is 286 g/mol. The van der Waals surface area contributed by atoms with E-state index in [0.29, 0.717) is 4.96 Å². The molecule has 0 aliphatic rings. The Kier molecular flexibility index (Phi) is 2.87. The second kappa shape index (κ2) is 4.45. The molecular weight excluding hydrogens is 272 g/mol. The van der Waals surface area contributed by atoms with E-state index >= 15 is 0 Å². The number of aromatic nitrogens is 2. The van der Waals surface area contributed by atoms with Crippen molar-refractivity contribution in [3.63, 3.8) is 0 Å². The van der Waals surface area contributed by atoms with E-state index in [9.17, 15) is 4.79 Å². The van der Waals surface area contributed by atoms with Crippen molar-refractivity contribution in [2.75, 3.05) is 0 Å². The predicted octanol–water partition coefficient (Wildman–Crippen LogP) is 3.69. The fraction of sp³-hybridized carbons (Fsp3) is 0.200. The summed E-state index contributed by atoms with van der Waals surface area (Å²) in [4.78, 5) is 17.0. The number of carboxylic acids is 1. The molecule has 0 spiro atoms. The highest BCUT2D eigenvalue weighted by Gasteiger charge is 2.16. The maximum Gasteiger partial charge on any atom is 0.356 e. The van der Waals surface area contributed by atoms with Gasteiger partial charge in [-0.15, -0.1) is 11.3 Å². The van der Waals surface area contributed by atoms with Gasteiger partial charge in [0.15, 0.2) is 10.7 Å². The van der Waals surface area contributed by atoms with Gasteiger partial charge in [-0.25, -0.2) is 9.78 Å². The zero-order chi connectivity index (χ0) is 14.4. The number of benzene rings is 1. The number of carbonyl (C=O) groups is 1. The van der Waals surface area contributed by atoms with Crippen molar-refractivity contribution >= 4 is 22.3 Å². The summed E-state index contributed by atoms with van der Waals surface area (Å²) < 4.78 is 1.87. The van der Waals surface area contributed by atoms with E-state index in [1.165, 1.54) is 22.5 Å². The molecule has 20 heavy (non-hydrogen) atoms. The maximum absolute atomic E-state index is 11.0. The van der Waals surface area contributed by atoms with Crippen LogP contribution in [0.5, 0.6) is 0 Å². The molecule has 4 nitrogen and oxygen atoms in total. The fourth-order valence-electron chi connectivity index (χ4n) is 2.28. The fourth-order valence-corrected chi connectivity index (χ4v) is 3.26. The number of nitrogens with zero attached hydrogens (tertiary/aromatic N) is 2. The summed E-state index contributed by atoms with van der Waals surface area (Å²) in [6, 6.07) is 6.28. The van der Waals surface area contributed by atoms with Crippen LogP contribution >= 0.6 is 11.3 Å². The van der Waals surface area contributed by atoms with Gasteiger partial charge in [0.25, 0.3) is 0 Å². The molecule has 2 aromatic heterocycles. The Morgan fingerprint density at radius 2 is 2.00 bits per heavy atom. The van der Waals surface area contributed by atoms with Crippen molar-refractivity contribution in [2.45, 2.75) is 20.8 Å². The summed E-state index contributed by atoms with van der Waals surface area (Å²) in [6.07, 6.45) is 1.59. The summed E-state index contributed by atoms with van der Waals surface area (Å²) in [5.74, 6) is -0.996. The number of rotatable bonds is 2. The van der Waals surface area contributed by atoms with Gasteiger partial charge < -0.3 is 5.11 Å². The highest BCUT2D eigenvalue weighted by Crippen LogP contribution is 2.32. The molecule has 102 valence electrons. The molecule has 0 saturated carbocycles. The highest BCUT2D eigenvalue weighted by atomic mass is 32.1. The van der Waals surface area contributed by atoms with Gasteiger partial charge in [0.05, 0.1) is 5.69 Å². The lowest BCUT2D eigenvalue weighted by atomic mass is 10.0. The van der Waals surface area contributed by atoms with Crippen LogP contribution in [0.15, 0.2) is 24.4 Å². The lowest BCUT2D eigenvalue weighted by Crippen LogP contribution is -1.95. The minimum atomic E-state index is -0.996. The van der Waals surface area contributed by atoms with E-state index in [2.05, 4.69) is 37.0 Å². The van der Waals surface area contributed by atoms with E-state index in [4.69, 9.17) is 5.11 Å². The van der Waals surface area contributed by atoms with E-state index in [-0.39, 0.29) is 5.69 Å². The molecule has 0 aliphatic carbocycles. The first kappa shape index (κ1) is 12.9. The Labute approximate surface area is 120 Å². The third-order valence-corrected chi connectivity index (χ3v) is 4.46. The molecular formula is C15H14N2O2S.